The predicted octanol–water partition coefficient (Wildman–Crippen LogP) is 2.66. The van der Waals surface area contributed by atoms with Gasteiger partial charge >= 0.3 is 0 Å². The lowest BCUT2D eigenvalue weighted by Gasteiger charge is -2.19. The summed E-state index contributed by atoms with van der Waals surface area (Å²) < 4.78 is 26.7. The van der Waals surface area contributed by atoms with Crippen molar-refractivity contribution in [3.8, 4) is 0 Å². The van der Waals surface area contributed by atoms with Crippen molar-refractivity contribution in [3.05, 3.63) is 83.7 Å². The second kappa shape index (κ2) is 7.65. The third kappa shape index (κ3) is 4.47. The summed E-state index contributed by atoms with van der Waals surface area (Å²) in [6, 6.07) is 12.2. The van der Waals surface area contributed by atoms with E-state index in [9.17, 15) is 13.6 Å². The van der Waals surface area contributed by atoms with E-state index in [0.29, 0.717) is 6.54 Å². The van der Waals surface area contributed by atoms with Gasteiger partial charge in [-0.15, -0.1) is 0 Å². The Hall–Kier alpha value is -3.09. The summed E-state index contributed by atoms with van der Waals surface area (Å²) in [5, 5.41) is 11.0. The van der Waals surface area contributed by atoms with E-state index in [4.69, 9.17) is 0 Å². The molecule has 0 aliphatic rings. The summed E-state index contributed by atoms with van der Waals surface area (Å²) in [5.41, 5.74) is 1.02. The number of rotatable bonds is 6. The molecule has 0 bridgehead atoms. The lowest BCUT2D eigenvalue weighted by molar-refractivity contribution is -0.121. The Morgan fingerprint density at radius 1 is 1.08 bits per heavy atom. The van der Waals surface area contributed by atoms with E-state index in [1.807, 2.05) is 30.3 Å². The molecule has 2 aromatic carbocycles. The normalized spacial score (nSPS) is 11.9. The van der Waals surface area contributed by atoms with E-state index < -0.39 is 11.6 Å². The molecule has 0 radical (unpaired) electrons. The molecule has 0 spiro atoms. The summed E-state index contributed by atoms with van der Waals surface area (Å²) >= 11 is 0. The van der Waals surface area contributed by atoms with Gasteiger partial charge in [0, 0.05) is 6.07 Å². The molecule has 3 rings (SSSR count). The molecule has 0 aliphatic heterocycles. The Balaban J connectivity index is 1.74. The first-order chi connectivity index (χ1) is 12.1. The Bertz CT molecular complexity index is 838. The van der Waals surface area contributed by atoms with Gasteiger partial charge < -0.3 is 5.32 Å². The molecule has 1 unspecified atom stereocenters. The molecule has 25 heavy (non-hydrogen) atoms. The van der Waals surface area contributed by atoms with E-state index in [1.54, 1.807) is 12.4 Å². The number of aromatic nitrogens is 3. The fourth-order valence-electron chi connectivity index (χ4n) is 2.50. The number of nitrogens with zero attached hydrogens (tertiary/aromatic N) is 3. The number of carbonyl (C=O) groups is 1. The van der Waals surface area contributed by atoms with E-state index >= 15 is 0 Å². The molecule has 0 fully saturated rings. The second-order valence-corrected chi connectivity index (χ2v) is 5.53. The molecule has 7 heteroatoms. The summed E-state index contributed by atoms with van der Waals surface area (Å²) in [5.74, 6) is -1.78. The number of hydrogen-bond donors (Lipinski definition) is 1. The number of benzene rings is 2. The van der Waals surface area contributed by atoms with Crippen LogP contribution >= 0.6 is 0 Å². The Morgan fingerprint density at radius 3 is 2.48 bits per heavy atom. The van der Waals surface area contributed by atoms with Crippen molar-refractivity contribution >= 4 is 5.91 Å². The zero-order valence-corrected chi connectivity index (χ0v) is 13.3. The van der Waals surface area contributed by atoms with Gasteiger partial charge in [0.05, 0.1) is 31.4 Å². The summed E-state index contributed by atoms with van der Waals surface area (Å²) in [7, 11) is 0. The van der Waals surface area contributed by atoms with Crippen LogP contribution in [-0.2, 0) is 17.8 Å². The van der Waals surface area contributed by atoms with Gasteiger partial charge in [-0.2, -0.15) is 15.0 Å². The molecular weight excluding hydrogens is 326 g/mol. The molecule has 0 saturated carbocycles. The van der Waals surface area contributed by atoms with Gasteiger partial charge in [0.15, 0.2) is 0 Å². The lowest BCUT2D eigenvalue weighted by Crippen LogP contribution is -2.33. The minimum atomic E-state index is -0.736. The zero-order chi connectivity index (χ0) is 17.6. The summed E-state index contributed by atoms with van der Waals surface area (Å²) in [6.07, 6.45) is 2.93. The van der Waals surface area contributed by atoms with Crippen molar-refractivity contribution in [3.63, 3.8) is 0 Å². The minimum absolute atomic E-state index is 0.142. The minimum Gasteiger partial charge on any atom is -0.347 e. The molecule has 128 valence electrons. The Labute approximate surface area is 143 Å². The van der Waals surface area contributed by atoms with Crippen LogP contribution in [0.5, 0.6) is 0 Å². The molecule has 5 nitrogen and oxygen atoms in total. The van der Waals surface area contributed by atoms with Crippen LogP contribution in [0.2, 0.25) is 0 Å². The van der Waals surface area contributed by atoms with Crippen LogP contribution in [0.25, 0.3) is 0 Å². The van der Waals surface area contributed by atoms with E-state index in [-0.39, 0.29) is 23.9 Å². The van der Waals surface area contributed by atoms with Crippen LogP contribution in [0.1, 0.15) is 17.2 Å². The number of carbonyl (C=O) groups excluding carboxylic acids is 1. The number of halogens is 2. The smallest absolute Gasteiger partial charge is 0.225 e. The third-order valence-electron chi connectivity index (χ3n) is 3.72. The average Bonchev–Trinajstić information content (AvgIpc) is 3.11. The van der Waals surface area contributed by atoms with Gasteiger partial charge in [-0.3, -0.25) is 4.79 Å². The number of hydrogen-bond acceptors (Lipinski definition) is 3. The van der Waals surface area contributed by atoms with Crippen LogP contribution in [-0.4, -0.2) is 20.9 Å². The molecule has 1 heterocycles. The molecule has 1 N–H and O–H groups in total. The third-order valence-corrected chi connectivity index (χ3v) is 3.72. The predicted molar refractivity (Wildman–Crippen MR) is 87.4 cm³/mol. The summed E-state index contributed by atoms with van der Waals surface area (Å²) in [6.45, 7) is 0.342. The fraction of sp³-hybridized carbons (Fsp3) is 0.167. The Kier molecular flexibility index (Phi) is 5.13. The van der Waals surface area contributed by atoms with Gasteiger partial charge in [0.2, 0.25) is 5.91 Å². The fourth-order valence-corrected chi connectivity index (χ4v) is 2.50. The molecule has 1 aromatic heterocycles. The average molecular weight is 342 g/mol. The topological polar surface area (TPSA) is 59.8 Å². The van der Waals surface area contributed by atoms with Crippen molar-refractivity contribution in [2.75, 3.05) is 0 Å². The van der Waals surface area contributed by atoms with Crippen molar-refractivity contribution in [2.24, 2.45) is 0 Å². The van der Waals surface area contributed by atoms with E-state index in [1.165, 1.54) is 10.9 Å². The Morgan fingerprint density at radius 2 is 1.80 bits per heavy atom. The molecule has 1 amide bonds. The van der Waals surface area contributed by atoms with Gasteiger partial charge in [0.1, 0.15) is 11.6 Å². The number of amides is 1. The largest absolute Gasteiger partial charge is 0.347 e. The van der Waals surface area contributed by atoms with E-state index in [2.05, 4.69) is 15.5 Å². The second-order valence-electron chi connectivity index (χ2n) is 5.53. The molecule has 0 saturated heterocycles. The van der Waals surface area contributed by atoms with Gasteiger partial charge in [0.25, 0.3) is 0 Å². The van der Waals surface area contributed by atoms with Crippen LogP contribution in [0.15, 0.2) is 60.9 Å². The lowest BCUT2D eigenvalue weighted by atomic mass is 10.1. The molecule has 0 aliphatic carbocycles. The maximum absolute atomic E-state index is 13.7. The van der Waals surface area contributed by atoms with Crippen molar-refractivity contribution < 1.29 is 13.6 Å². The first-order valence-electron chi connectivity index (χ1n) is 7.74. The van der Waals surface area contributed by atoms with Crippen LogP contribution < -0.4 is 5.32 Å². The highest BCUT2D eigenvalue weighted by Gasteiger charge is 2.17. The monoisotopic (exact) mass is 342 g/mol. The SMILES string of the molecule is O=C(Cc1ccc(F)cc1F)NC(Cn1nccn1)c1ccccc1. The number of nitrogens with one attached hydrogen (secondary N) is 1. The van der Waals surface area contributed by atoms with Gasteiger partial charge in [-0.1, -0.05) is 36.4 Å². The highest BCUT2D eigenvalue weighted by molar-refractivity contribution is 5.79. The van der Waals surface area contributed by atoms with E-state index in [0.717, 1.165) is 17.7 Å². The standard InChI is InChI=1S/C18H16F2N4O/c19-15-7-6-14(16(20)11-15)10-18(25)23-17(12-24-21-8-9-22-24)13-4-2-1-3-5-13/h1-9,11,17H,10,12H2,(H,23,25). The maximum atomic E-state index is 13.7. The van der Waals surface area contributed by atoms with Gasteiger partial charge in [-0.25, -0.2) is 8.78 Å². The van der Waals surface area contributed by atoms with Crippen LogP contribution in [0.4, 0.5) is 8.78 Å². The molecule has 3 aromatic rings. The maximum Gasteiger partial charge on any atom is 0.225 e. The van der Waals surface area contributed by atoms with Crippen LogP contribution in [0, 0.1) is 11.6 Å². The highest BCUT2D eigenvalue weighted by Crippen LogP contribution is 2.16. The quantitative estimate of drug-likeness (QED) is 0.749. The highest BCUT2D eigenvalue weighted by atomic mass is 19.1. The molecule has 1 atom stereocenters. The first-order valence-corrected chi connectivity index (χ1v) is 7.74. The van der Waals surface area contributed by atoms with Crippen molar-refractivity contribution in [2.45, 2.75) is 19.0 Å². The van der Waals surface area contributed by atoms with Crippen molar-refractivity contribution in [1.82, 2.24) is 20.3 Å². The molecular formula is C18H16F2N4O. The summed E-state index contributed by atoms with van der Waals surface area (Å²) in [4.78, 5) is 13.8. The van der Waals surface area contributed by atoms with Crippen molar-refractivity contribution in [1.29, 1.82) is 0 Å². The van der Waals surface area contributed by atoms with Crippen LogP contribution in [0.3, 0.4) is 0 Å². The van der Waals surface area contributed by atoms with Gasteiger partial charge in [-0.05, 0) is 17.2 Å². The first kappa shape index (κ1) is 16.8. The zero-order valence-electron chi connectivity index (χ0n) is 13.3.